The van der Waals surface area contributed by atoms with Gasteiger partial charge >= 0.3 is 0 Å². The van der Waals surface area contributed by atoms with E-state index in [4.69, 9.17) is 5.73 Å². The number of carbonyl (C=O) groups excluding carboxylic acids is 1. The smallest absolute Gasteiger partial charge is 0.217 e. The van der Waals surface area contributed by atoms with E-state index in [1.54, 1.807) is 0 Å². The molecule has 33 heavy (non-hydrogen) atoms. The van der Waals surface area contributed by atoms with E-state index in [1.165, 1.54) is 6.42 Å². The first kappa shape index (κ1) is 27.8. The normalized spacial score (nSPS) is 18.2. The van der Waals surface area contributed by atoms with Crippen LogP contribution in [0, 0.1) is 5.92 Å². The van der Waals surface area contributed by atoms with E-state index in [2.05, 4.69) is 9.71 Å². The van der Waals surface area contributed by atoms with Crippen molar-refractivity contribution in [3.63, 3.8) is 0 Å². The van der Waals surface area contributed by atoms with Crippen molar-refractivity contribution in [3.8, 4) is 0 Å². The Morgan fingerprint density at radius 2 is 1.97 bits per heavy atom. The molecular weight excluding hydrogens is 444 g/mol. The highest BCUT2D eigenvalue weighted by molar-refractivity contribution is 7.89. The molecule has 1 amide bonds. The first-order valence-electron chi connectivity index (χ1n) is 12.3. The fourth-order valence-corrected chi connectivity index (χ4v) is 5.85. The van der Waals surface area contributed by atoms with Gasteiger partial charge in [-0.25, -0.2) is 18.1 Å². The molecular formula is C23H42N4O5S. The zero-order chi connectivity index (χ0) is 24.4. The largest absolute Gasteiger partial charge is 0.389 e. The first-order valence-corrected chi connectivity index (χ1v) is 14.0. The van der Waals surface area contributed by atoms with Gasteiger partial charge in [0.25, 0.3) is 0 Å². The molecule has 9 nitrogen and oxygen atoms in total. The average molecular weight is 487 g/mol. The fourth-order valence-electron chi connectivity index (χ4n) is 4.63. The number of nitrogens with zero attached hydrogens (tertiary/aromatic N) is 2. The van der Waals surface area contributed by atoms with Crippen molar-refractivity contribution in [2.24, 2.45) is 11.7 Å². The van der Waals surface area contributed by atoms with E-state index in [-0.39, 0.29) is 6.42 Å². The van der Waals surface area contributed by atoms with Crippen molar-refractivity contribution in [2.45, 2.75) is 103 Å². The molecule has 0 spiro atoms. The molecule has 1 aliphatic rings. The molecule has 3 unspecified atom stereocenters. The third-order valence-corrected chi connectivity index (χ3v) is 7.91. The Labute approximate surface area is 198 Å². The zero-order valence-corrected chi connectivity index (χ0v) is 20.9. The highest BCUT2D eigenvalue weighted by Gasteiger charge is 2.34. The SMILES string of the molecule is CCCCNS(=O)(=O)CC(O)C(O)C(CC1CCCCC1)n1cc(CCC(N)=O)nc1CC. The lowest BCUT2D eigenvalue weighted by atomic mass is 9.83. The van der Waals surface area contributed by atoms with Crippen LogP contribution in [0.5, 0.6) is 0 Å². The first-order chi connectivity index (χ1) is 15.7. The molecule has 0 saturated heterocycles. The summed E-state index contributed by atoms with van der Waals surface area (Å²) in [7, 11) is -3.71. The zero-order valence-electron chi connectivity index (χ0n) is 20.1. The monoisotopic (exact) mass is 486 g/mol. The van der Waals surface area contributed by atoms with E-state index >= 15 is 0 Å². The summed E-state index contributed by atoms with van der Waals surface area (Å²) in [5, 5.41) is 21.9. The molecule has 0 aromatic carbocycles. The van der Waals surface area contributed by atoms with E-state index < -0.39 is 39.9 Å². The van der Waals surface area contributed by atoms with Gasteiger partial charge in [-0.2, -0.15) is 0 Å². The molecule has 1 saturated carbocycles. The number of unbranched alkanes of at least 4 members (excludes halogenated alkanes) is 1. The predicted octanol–water partition coefficient (Wildman–Crippen LogP) is 1.82. The maximum absolute atomic E-state index is 12.4. The van der Waals surface area contributed by atoms with Crippen molar-refractivity contribution >= 4 is 15.9 Å². The van der Waals surface area contributed by atoms with Crippen molar-refractivity contribution in [1.29, 1.82) is 0 Å². The number of sulfonamides is 1. The molecule has 190 valence electrons. The molecule has 1 aliphatic carbocycles. The highest BCUT2D eigenvalue weighted by atomic mass is 32.2. The molecule has 1 fully saturated rings. The topological polar surface area (TPSA) is 148 Å². The molecule has 2 rings (SSSR count). The third kappa shape index (κ3) is 8.99. The van der Waals surface area contributed by atoms with Gasteiger partial charge < -0.3 is 20.5 Å². The van der Waals surface area contributed by atoms with E-state index in [9.17, 15) is 23.4 Å². The summed E-state index contributed by atoms with van der Waals surface area (Å²) in [6, 6.07) is -0.501. The Bertz CT molecular complexity index is 836. The second-order valence-corrected chi connectivity index (χ2v) is 11.1. The van der Waals surface area contributed by atoms with Gasteiger partial charge in [-0.05, 0) is 25.2 Å². The quantitative estimate of drug-likeness (QED) is 0.278. The Balaban J connectivity index is 2.24. The maximum Gasteiger partial charge on any atom is 0.217 e. The van der Waals surface area contributed by atoms with Crippen molar-refractivity contribution in [3.05, 3.63) is 17.7 Å². The number of primary amides is 1. The summed E-state index contributed by atoms with van der Waals surface area (Å²) in [4.78, 5) is 15.8. The number of hydrogen-bond acceptors (Lipinski definition) is 6. The number of aliphatic hydroxyl groups excluding tert-OH is 2. The molecule has 1 aromatic rings. The molecule has 10 heteroatoms. The second kappa shape index (κ2) is 13.4. The van der Waals surface area contributed by atoms with Crippen LogP contribution in [0.25, 0.3) is 0 Å². The van der Waals surface area contributed by atoms with Gasteiger partial charge in [-0.1, -0.05) is 52.4 Å². The standard InChI is InChI=1S/C23H42N4O5S/c1-3-5-13-25-33(31,32)16-20(28)23(30)19(14-17-9-7-6-8-10-17)27-15-18(11-12-21(24)29)26-22(27)4-2/h15,17,19-20,23,25,28,30H,3-14,16H2,1-2H3,(H2,24,29). The number of nitrogens with two attached hydrogens (primary N) is 1. The van der Waals surface area contributed by atoms with Gasteiger partial charge in [0.2, 0.25) is 15.9 Å². The van der Waals surface area contributed by atoms with Gasteiger partial charge in [0, 0.05) is 25.6 Å². The van der Waals surface area contributed by atoms with Crippen LogP contribution in [0.3, 0.4) is 0 Å². The number of rotatable bonds is 15. The van der Waals surface area contributed by atoms with Gasteiger partial charge in [-0.3, -0.25) is 4.79 Å². The van der Waals surface area contributed by atoms with E-state index in [0.29, 0.717) is 43.8 Å². The lowest BCUT2D eigenvalue weighted by Crippen LogP contribution is -2.43. The predicted molar refractivity (Wildman–Crippen MR) is 128 cm³/mol. The number of nitrogens with one attached hydrogen (secondary N) is 1. The molecule has 1 aromatic heterocycles. The molecule has 0 radical (unpaired) electrons. The van der Waals surface area contributed by atoms with Crippen molar-refractivity contribution in [1.82, 2.24) is 14.3 Å². The number of aromatic nitrogens is 2. The van der Waals surface area contributed by atoms with Crippen LogP contribution >= 0.6 is 0 Å². The highest BCUT2D eigenvalue weighted by Crippen LogP contribution is 2.34. The van der Waals surface area contributed by atoms with Gasteiger partial charge in [0.05, 0.1) is 23.6 Å². The number of aliphatic hydroxyl groups is 2. The average Bonchev–Trinajstić information content (AvgIpc) is 3.19. The van der Waals surface area contributed by atoms with Gasteiger partial charge in [0.1, 0.15) is 11.9 Å². The minimum Gasteiger partial charge on any atom is -0.389 e. The number of hydrogen-bond donors (Lipinski definition) is 4. The van der Waals surface area contributed by atoms with Crippen LogP contribution in [0.2, 0.25) is 0 Å². The Kier molecular flexibility index (Phi) is 11.3. The van der Waals surface area contributed by atoms with Crippen LogP contribution in [0.4, 0.5) is 0 Å². The second-order valence-electron chi connectivity index (χ2n) is 9.27. The summed E-state index contributed by atoms with van der Waals surface area (Å²) in [5.41, 5.74) is 5.99. The van der Waals surface area contributed by atoms with Crippen LogP contribution in [0.15, 0.2) is 6.20 Å². The maximum atomic E-state index is 12.4. The molecule has 5 N–H and O–H groups in total. The lowest BCUT2D eigenvalue weighted by Gasteiger charge is -2.33. The van der Waals surface area contributed by atoms with Crippen LogP contribution in [0.1, 0.15) is 89.2 Å². The molecule has 1 heterocycles. The van der Waals surface area contributed by atoms with Crippen LogP contribution in [-0.4, -0.2) is 58.6 Å². The van der Waals surface area contributed by atoms with E-state index in [0.717, 1.165) is 37.9 Å². The summed E-state index contributed by atoms with van der Waals surface area (Å²) >= 11 is 0. The Morgan fingerprint density at radius 1 is 1.27 bits per heavy atom. The van der Waals surface area contributed by atoms with Gasteiger partial charge in [-0.15, -0.1) is 0 Å². The Hall–Kier alpha value is -1.49. The summed E-state index contributed by atoms with van der Waals surface area (Å²) < 4.78 is 29.2. The van der Waals surface area contributed by atoms with Crippen molar-refractivity contribution < 1.29 is 23.4 Å². The number of carbonyl (C=O) groups is 1. The summed E-state index contributed by atoms with van der Waals surface area (Å²) in [6.45, 7) is 4.24. The fraction of sp³-hybridized carbons (Fsp3) is 0.826. The van der Waals surface area contributed by atoms with E-state index in [1.807, 2.05) is 24.6 Å². The van der Waals surface area contributed by atoms with Crippen LogP contribution < -0.4 is 10.5 Å². The molecule has 0 aliphatic heterocycles. The molecule has 3 atom stereocenters. The third-order valence-electron chi connectivity index (χ3n) is 6.49. The Morgan fingerprint density at radius 3 is 2.58 bits per heavy atom. The van der Waals surface area contributed by atoms with Crippen LogP contribution in [-0.2, 0) is 27.7 Å². The minimum absolute atomic E-state index is 0.181. The molecule has 0 bridgehead atoms. The summed E-state index contributed by atoms with van der Waals surface area (Å²) in [5.74, 6) is 0.179. The van der Waals surface area contributed by atoms with Gasteiger partial charge in [0.15, 0.2) is 0 Å². The number of imidazole rings is 1. The number of amides is 1. The number of aryl methyl sites for hydroxylation is 2. The lowest BCUT2D eigenvalue weighted by molar-refractivity contribution is -0.118. The minimum atomic E-state index is -3.71. The summed E-state index contributed by atoms with van der Waals surface area (Å²) in [6.07, 6.45) is 8.12. The van der Waals surface area contributed by atoms with Crippen molar-refractivity contribution in [2.75, 3.05) is 12.3 Å².